The van der Waals surface area contributed by atoms with E-state index in [1.54, 1.807) is 0 Å². The molecule has 0 radical (unpaired) electrons. The molecule has 1 fully saturated rings. The van der Waals surface area contributed by atoms with E-state index in [0.29, 0.717) is 22.2 Å². The van der Waals surface area contributed by atoms with Crippen LogP contribution in [0.3, 0.4) is 0 Å². The third-order valence-electron chi connectivity index (χ3n) is 4.14. The van der Waals surface area contributed by atoms with Crippen LogP contribution in [0.2, 0.25) is 0 Å². The predicted octanol–water partition coefficient (Wildman–Crippen LogP) is 3.79. The smallest absolute Gasteiger partial charge is 0.171 e. The first kappa shape index (κ1) is 14.9. The lowest BCUT2D eigenvalue weighted by Crippen LogP contribution is -2.25. The van der Waals surface area contributed by atoms with Crippen molar-refractivity contribution in [1.29, 1.82) is 5.26 Å². The lowest BCUT2D eigenvalue weighted by atomic mass is 9.84. The SMILES string of the molecule is CCC1CCC(Nc2sc(C(C)=O)c(N)c2C#N)CC1. The summed E-state index contributed by atoms with van der Waals surface area (Å²) < 4.78 is 0. The van der Waals surface area contributed by atoms with Crippen LogP contribution in [-0.2, 0) is 0 Å². The summed E-state index contributed by atoms with van der Waals surface area (Å²) in [6.45, 7) is 3.73. The van der Waals surface area contributed by atoms with Crippen LogP contribution in [0.25, 0.3) is 0 Å². The third-order valence-corrected chi connectivity index (χ3v) is 5.37. The zero-order valence-electron chi connectivity index (χ0n) is 12.0. The Bertz CT molecular complexity index is 536. The quantitative estimate of drug-likeness (QED) is 0.827. The van der Waals surface area contributed by atoms with E-state index in [1.165, 1.54) is 37.5 Å². The van der Waals surface area contributed by atoms with Gasteiger partial charge in [-0.15, -0.1) is 11.3 Å². The van der Waals surface area contributed by atoms with Crippen LogP contribution in [-0.4, -0.2) is 11.8 Å². The molecule has 4 nitrogen and oxygen atoms in total. The fraction of sp³-hybridized carbons (Fsp3) is 0.600. The van der Waals surface area contributed by atoms with Gasteiger partial charge in [0, 0.05) is 13.0 Å². The van der Waals surface area contributed by atoms with Gasteiger partial charge in [0.25, 0.3) is 0 Å². The zero-order valence-corrected chi connectivity index (χ0v) is 12.8. The number of nitriles is 1. The zero-order chi connectivity index (χ0) is 14.7. The number of Topliss-reactive ketones (excluding diaryl/α,β-unsaturated/α-hetero) is 1. The van der Waals surface area contributed by atoms with Gasteiger partial charge in [0.15, 0.2) is 5.78 Å². The molecule has 1 aliphatic rings. The number of nitrogens with two attached hydrogens (primary N) is 1. The first-order valence-corrected chi connectivity index (χ1v) is 7.98. The molecular weight excluding hydrogens is 270 g/mol. The number of carbonyl (C=O) groups is 1. The highest BCUT2D eigenvalue weighted by molar-refractivity contribution is 7.19. The molecule has 5 heteroatoms. The van der Waals surface area contributed by atoms with Crippen molar-refractivity contribution in [3.05, 3.63) is 10.4 Å². The highest BCUT2D eigenvalue weighted by Gasteiger charge is 2.24. The van der Waals surface area contributed by atoms with Crippen LogP contribution < -0.4 is 11.1 Å². The molecule has 1 heterocycles. The van der Waals surface area contributed by atoms with E-state index in [0.717, 1.165) is 23.8 Å². The number of ketones is 1. The summed E-state index contributed by atoms with van der Waals surface area (Å²) in [6, 6.07) is 2.51. The maximum atomic E-state index is 11.5. The molecule has 0 spiro atoms. The van der Waals surface area contributed by atoms with Crippen LogP contribution in [0.5, 0.6) is 0 Å². The van der Waals surface area contributed by atoms with E-state index in [2.05, 4.69) is 18.3 Å². The molecule has 0 aromatic carbocycles. The van der Waals surface area contributed by atoms with E-state index in [9.17, 15) is 10.1 Å². The summed E-state index contributed by atoms with van der Waals surface area (Å²) >= 11 is 1.31. The maximum absolute atomic E-state index is 11.5. The Labute approximate surface area is 124 Å². The van der Waals surface area contributed by atoms with Crippen molar-refractivity contribution < 1.29 is 4.79 Å². The normalized spacial score (nSPS) is 22.2. The summed E-state index contributed by atoms with van der Waals surface area (Å²) in [5.74, 6) is 0.761. The van der Waals surface area contributed by atoms with Crippen molar-refractivity contribution >= 4 is 27.8 Å². The molecule has 2 rings (SSSR count). The summed E-state index contributed by atoms with van der Waals surface area (Å²) in [5.41, 5.74) is 6.65. The van der Waals surface area contributed by atoms with E-state index < -0.39 is 0 Å². The molecule has 0 amide bonds. The van der Waals surface area contributed by atoms with Gasteiger partial charge in [-0.2, -0.15) is 5.26 Å². The summed E-state index contributed by atoms with van der Waals surface area (Å²) in [4.78, 5) is 12.0. The molecule has 20 heavy (non-hydrogen) atoms. The van der Waals surface area contributed by atoms with Crippen LogP contribution in [0.4, 0.5) is 10.7 Å². The topological polar surface area (TPSA) is 78.9 Å². The summed E-state index contributed by atoms with van der Waals surface area (Å²) in [5, 5.41) is 13.4. The molecule has 0 atom stereocenters. The van der Waals surface area contributed by atoms with Crippen LogP contribution >= 0.6 is 11.3 Å². The molecule has 108 valence electrons. The maximum Gasteiger partial charge on any atom is 0.171 e. The third kappa shape index (κ3) is 2.96. The van der Waals surface area contributed by atoms with Crippen LogP contribution in [0.15, 0.2) is 0 Å². The van der Waals surface area contributed by atoms with Gasteiger partial charge in [0.05, 0.1) is 10.6 Å². The fourth-order valence-electron chi connectivity index (χ4n) is 2.82. The lowest BCUT2D eigenvalue weighted by molar-refractivity contribution is 0.102. The first-order valence-electron chi connectivity index (χ1n) is 7.16. The fourth-order valence-corrected chi connectivity index (χ4v) is 3.86. The van der Waals surface area contributed by atoms with Gasteiger partial charge in [-0.25, -0.2) is 0 Å². The standard InChI is InChI=1S/C15H21N3OS/c1-3-10-4-6-11(7-5-10)18-15-12(8-16)13(17)14(20-15)9(2)19/h10-11,18H,3-7,17H2,1-2H3. The average Bonchev–Trinajstić information content (AvgIpc) is 2.76. The molecule has 1 aromatic heterocycles. The number of rotatable bonds is 4. The highest BCUT2D eigenvalue weighted by Crippen LogP contribution is 2.37. The number of nitrogen functional groups attached to an aromatic ring is 1. The van der Waals surface area contributed by atoms with E-state index in [1.807, 2.05) is 0 Å². The number of nitrogens with zero attached hydrogens (tertiary/aromatic N) is 1. The van der Waals surface area contributed by atoms with Crippen molar-refractivity contribution in [2.75, 3.05) is 11.1 Å². The molecule has 0 saturated heterocycles. The number of hydrogen-bond donors (Lipinski definition) is 2. The number of anilines is 2. The molecule has 1 saturated carbocycles. The highest BCUT2D eigenvalue weighted by atomic mass is 32.1. The summed E-state index contributed by atoms with van der Waals surface area (Å²) in [7, 11) is 0. The number of carbonyl (C=O) groups excluding carboxylic acids is 1. The Balaban J connectivity index is 2.12. The molecular formula is C15H21N3OS. The molecule has 0 bridgehead atoms. The molecule has 1 aromatic rings. The first-order chi connectivity index (χ1) is 9.56. The average molecular weight is 291 g/mol. The minimum Gasteiger partial charge on any atom is -0.396 e. The molecule has 1 aliphatic carbocycles. The second kappa shape index (κ2) is 6.27. The molecule has 0 unspecified atom stereocenters. The molecule has 0 aliphatic heterocycles. The van der Waals surface area contributed by atoms with E-state index >= 15 is 0 Å². The monoisotopic (exact) mass is 291 g/mol. The van der Waals surface area contributed by atoms with E-state index in [4.69, 9.17) is 5.73 Å². The van der Waals surface area contributed by atoms with Crippen LogP contribution in [0.1, 0.15) is 61.2 Å². The van der Waals surface area contributed by atoms with Gasteiger partial charge in [-0.1, -0.05) is 13.3 Å². The minimum atomic E-state index is -0.0771. The van der Waals surface area contributed by atoms with Gasteiger partial charge in [-0.05, 0) is 31.6 Å². The van der Waals surface area contributed by atoms with Crippen molar-refractivity contribution in [3.63, 3.8) is 0 Å². The van der Waals surface area contributed by atoms with Gasteiger partial charge >= 0.3 is 0 Å². The van der Waals surface area contributed by atoms with Gasteiger partial charge in [0.1, 0.15) is 16.6 Å². The predicted molar refractivity (Wildman–Crippen MR) is 83.1 cm³/mol. The van der Waals surface area contributed by atoms with Gasteiger partial charge in [0.2, 0.25) is 0 Å². The van der Waals surface area contributed by atoms with Gasteiger partial charge < -0.3 is 11.1 Å². The second-order valence-corrected chi connectivity index (χ2v) is 6.51. The number of nitrogens with one attached hydrogen (secondary N) is 1. The van der Waals surface area contributed by atoms with Crippen molar-refractivity contribution in [2.24, 2.45) is 5.92 Å². The largest absolute Gasteiger partial charge is 0.396 e. The van der Waals surface area contributed by atoms with Crippen molar-refractivity contribution in [2.45, 2.75) is 52.0 Å². The number of hydrogen-bond acceptors (Lipinski definition) is 5. The Morgan fingerprint density at radius 3 is 2.60 bits per heavy atom. The second-order valence-electron chi connectivity index (χ2n) is 5.49. The van der Waals surface area contributed by atoms with Crippen LogP contribution in [0, 0.1) is 17.2 Å². The van der Waals surface area contributed by atoms with Crippen molar-refractivity contribution in [1.82, 2.24) is 0 Å². The Hall–Kier alpha value is -1.54. The van der Waals surface area contributed by atoms with Crippen molar-refractivity contribution in [3.8, 4) is 6.07 Å². The number of thiophene rings is 1. The lowest BCUT2D eigenvalue weighted by Gasteiger charge is -2.28. The molecule has 3 N–H and O–H groups in total. The summed E-state index contributed by atoms with van der Waals surface area (Å²) in [6.07, 6.45) is 5.96. The Kier molecular flexibility index (Phi) is 4.66. The Morgan fingerprint density at radius 1 is 1.45 bits per heavy atom. The minimum absolute atomic E-state index is 0.0771. The Morgan fingerprint density at radius 2 is 2.10 bits per heavy atom. The van der Waals surface area contributed by atoms with E-state index in [-0.39, 0.29) is 5.78 Å². The van der Waals surface area contributed by atoms with Gasteiger partial charge in [-0.3, -0.25) is 4.79 Å².